The van der Waals surface area contributed by atoms with Gasteiger partial charge in [0.25, 0.3) is 0 Å². The van der Waals surface area contributed by atoms with Crippen molar-refractivity contribution in [1.29, 1.82) is 0 Å². The molecule has 1 aliphatic rings. The second-order valence-electron chi connectivity index (χ2n) is 28.1. The number of hydrogen-bond donors (Lipinski definition) is 6. The van der Waals surface area contributed by atoms with Crippen LogP contribution in [0.1, 0.15) is 386 Å². The number of carbonyl (C=O) groups excluding carboxylic acids is 2. The van der Waals surface area contributed by atoms with E-state index in [0.717, 1.165) is 70.6 Å². The maximum absolute atomic E-state index is 13.1. The molecule has 1 fully saturated rings. The molecule has 1 aliphatic heterocycles. The highest BCUT2D eigenvalue weighted by atomic mass is 16.7. The molecule has 0 radical (unpaired) electrons. The molecule has 95 heavy (non-hydrogen) atoms. The summed E-state index contributed by atoms with van der Waals surface area (Å²) in [4.78, 5) is 25.2. The lowest BCUT2D eigenvalue weighted by Gasteiger charge is -2.40. The van der Waals surface area contributed by atoms with Gasteiger partial charge in [-0.1, -0.05) is 337 Å². The van der Waals surface area contributed by atoms with E-state index in [1.165, 1.54) is 289 Å². The van der Waals surface area contributed by atoms with Crippen LogP contribution in [0.2, 0.25) is 0 Å². The predicted octanol–water partition coefficient (Wildman–Crippen LogP) is 22.2. The number of amides is 1. The van der Waals surface area contributed by atoms with E-state index in [-0.39, 0.29) is 18.5 Å². The summed E-state index contributed by atoms with van der Waals surface area (Å²) in [6.45, 7) is 4.33. The molecule has 1 saturated heterocycles. The third kappa shape index (κ3) is 60.8. The van der Waals surface area contributed by atoms with Crippen molar-refractivity contribution in [3.63, 3.8) is 0 Å². The van der Waals surface area contributed by atoms with Crippen LogP contribution in [0.15, 0.2) is 72.9 Å². The van der Waals surface area contributed by atoms with Crippen LogP contribution in [0, 0.1) is 0 Å². The highest BCUT2D eigenvalue weighted by Gasteiger charge is 2.44. The molecular weight excluding hydrogens is 1180 g/mol. The summed E-state index contributed by atoms with van der Waals surface area (Å²) in [6, 6.07) is -0.826. The Morgan fingerprint density at radius 1 is 0.389 bits per heavy atom. The van der Waals surface area contributed by atoms with Crippen molar-refractivity contribution in [2.24, 2.45) is 0 Å². The number of unbranched alkanes of at least 4 members (excludes halogenated alkanes) is 48. The van der Waals surface area contributed by atoms with E-state index in [4.69, 9.17) is 14.2 Å². The Labute approximate surface area is 585 Å². The zero-order chi connectivity index (χ0) is 68.6. The zero-order valence-electron chi connectivity index (χ0n) is 61.9. The smallest absolute Gasteiger partial charge is 0.305 e. The maximum atomic E-state index is 13.1. The Bertz CT molecular complexity index is 1810. The van der Waals surface area contributed by atoms with Gasteiger partial charge in [0, 0.05) is 12.8 Å². The molecule has 7 atom stereocenters. The second-order valence-corrected chi connectivity index (χ2v) is 28.1. The fourth-order valence-electron chi connectivity index (χ4n) is 12.6. The maximum Gasteiger partial charge on any atom is 0.305 e. The zero-order valence-corrected chi connectivity index (χ0v) is 61.9. The highest BCUT2D eigenvalue weighted by molar-refractivity contribution is 5.76. The molecule has 0 spiro atoms. The minimum absolute atomic E-state index is 0.000341. The van der Waals surface area contributed by atoms with Crippen LogP contribution in [0.4, 0.5) is 0 Å². The number of esters is 1. The average molecular weight is 1340 g/mol. The SMILES string of the molecule is CCCCC/C=C\C/C=C\CCCCCCCC(=O)OCCCCCCCCCCCCCCCCC/C=C\C/C=C\CCCCCCCCCCCCCCCCCCCC(=O)NC(COC1OC(CO)C(O)C(O)C1O)C(O)/C=C/CC/C=C/CCCCCCCCC. The summed E-state index contributed by atoms with van der Waals surface area (Å²) in [7, 11) is 0. The van der Waals surface area contributed by atoms with E-state index in [1.807, 2.05) is 6.08 Å². The lowest BCUT2D eigenvalue weighted by molar-refractivity contribution is -0.302. The van der Waals surface area contributed by atoms with E-state index in [9.17, 15) is 35.1 Å². The molecule has 1 amide bonds. The Morgan fingerprint density at radius 3 is 1.13 bits per heavy atom. The Kier molecular flexibility index (Phi) is 68.6. The summed E-state index contributed by atoms with van der Waals surface area (Å²) in [5, 5.41) is 54.5. The van der Waals surface area contributed by atoms with Gasteiger partial charge in [0.1, 0.15) is 24.4 Å². The number of rotatable bonds is 72. The first-order valence-electron chi connectivity index (χ1n) is 40.7. The lowest BCUT2D eigenvalue weighted by Crippen LogP contribution is -2.60. The fraction of sp³-hybridized carbons (Fsp3) is 0.833. The first kappa shape index (κ1) is 90.1. The Hall–Kier alpha value is -2.90. The summed E-state index contributed by atoms with van der Waals surface area (Å²) >= 11 is 0. The molecule has 1 heterocycles. The van der Waals surface area contributed by atoms with Gasteiger partial charge in [0.05, 0.1) is 32.0 Å². The third-order valence-corrected chi connectivity index (χ3v) is 19.0. The lowest BCUT2D eigenvalue weighted by atomic mass is 9.99. The van der Waals surface area contributed by atoms with Crippen molar-refractivity contribution in [2.75, 3.05) is 19.8 Å². The topological polar surface area (TPSA) is 175 Å². The first-order chi connectivity index (χ1) is 46.7. The van der Waals surface area contributed by atoms with E-state index in [0.29, 0.717) is 19.4 Å². The van der Waals surface area contributed by atoms with Gasteiger partial charge in [-0.2, -0.15) is 0 Å². The van der Waals surface area contributed by atoms with Gasteiger partial charge in [0.2, 0.25) is 5.91 Å². The minimum Gasteiger partial charge on any atom is -0.466 e. The molecule has 0 aromatic carbocycles. The molecule has 554 valence electrons. The second kappa shape index (κ2) is 72.4. The molecular formula is C84H153NO10. The van der Waals surface area contributed by atoms with Crippen molar-refractivity contribution in [3.05, 3.63) is 72.9 Å². The molecule has 7 unspecified atom stereocenters. The van der Waals surface area contributed by atoms with Crippen LogP contribution in [-0.2, 0) is 23.8 Å². The van der Waals surface area contributed by atoms with Crippen LogP contribution in [-0.4, -0.2) is 100 Å². The van der Waals surface area contributed by atoms with Crippen molar-refractivity contribution in [1.82, 2.24) is 5.32 Å². The Balaban J connectivity index is 1.91. The molecule has 0 saturated carbocycles. The predicted molar refractivity (Wildman–Crippen MR) is 403 cm³/mol. The average Bonchev–Trinajstić information content (AvgIpc) is 0.836. The molecule has 1 rings (SSSR count). The van der Waals surface area contributed by atoms with Crippen LogP contribution in [0.5, 0.6) is 0 Å². The molecule has 0 aromatic heterocycles. The van der Waals surface area contributed by atoms with Gasteiger partial charge in [-0.25, -0.2) is 0 Å². The highest BCUT2D eigenvalue weighted by Crippen LogP contribution is 2.24. The van der Waals surface area contributed by atoms with E-state index >= 15 is 0 Å². The van der Waals surface area contributed by atoms with Crippen LogP contribution >= 0.6 is 0 Å². The fourth-order valence-corrected chi connectivity index (χ4v) is 12.6. The number of aliphatic hydroxyl groups excluding tert-OH is 5. The van der Waals surface area contributed by atoms with Gasteiger partial charge in [0.15, 0.2) is 6.29 Å². The number of hydrogen-bond acceptors (Lipinski definition) is 10. The minimum atomic E-state index is -1.58. The van der Waals surface area contributed by atoms with Crippen molar-refractivity contribution in [2.45, 2.75) is 429 Å². The van der Waals surface area contributed by atoms with Gasteiger partial charge >= 0.3 is 5.97 Å². The molecule has 11 heteroatoms. The number of allylic oxidation sites excluding steroid dienone is 11. The molecule has 0 bridgehead atoms. The first-order valence-corrected chi connectivity index (χ1v) is 40.7. The van der Waals surface area contributed by atoms with Crippen molar-refractivity contribution in [3.8, 4) is 0 Å². The molecule has 6 N–H and O–H groups in total. The molecule has 0 aromatic rings. The van der Waals surface area contributed by atoms with Gasteiger partial charge in [-0.15, -0.1) is 0 Å². The summed E-state index contributed by atoms with van der Waals surface area (Å²) in [5.41, 5.74) is 0. The van der Waals surface area contributed by atoms with Crippen LogP contribution < -0.4 is 5.32 Å². The standard InChI is InChI=1S/C84H153NO10/c1-3-5-7-9-11-13-15-17-43-48-52-56-60-64-68-72-80(89)93-73-69-65-61-57-53-49-45-42-40-38-36-34-32-30-28-26-24-22-20-18-19-21-23-25-27-29-31-33-35-37-39-41-44-47-51-55-59-63-67-71-79(88)85-76(75-94-84-83(92)82(91)81(90)78(74-86)95-84)77(87)70-66-62-58-54-50-46-16-14-12-10-8-6-4-2/h11,13,17-19,22,24,43,50,54,66,70,76-78,81-84,86-87,90-92H,3-10,12,14-16,20-21,23,25-42,44-49,51-53,55-65,67-69,71-75H2,1-2H3,(H,85,88)/b13-11-,19-18-,24-22-,43-17-,54-50+,70-66+. The van der Waals surface area contributed by atoms with Crippen molar-refractivity contribution < 1.29 is 49.3 Å². The molecule has 0 aliphatic carbocycles. The third-order valence-electron chi connectivity index (χ3n) is 19.0. The van der Waals surface area contributed by atoms with Crippen LogP contribution in [0.3, 0.4) is 0 Å². The van der Waals surface area contributed by atoms with Gasteiger partial charge < -0.3 is 45.1 Å². The summed E-state index contributed by atoms with van der Waals surface area (Å²) in [6.07, 6.45) is 89.4. The summed E-state index contributed by atoms with van der Waals surface area (Å²) < 4.78 is 16.8. The van der Waals surface area contributed by atoms with Gasteiger partial charge in [-0.3, -0.25) is 9.59 Å². The van der Waals surface area contributed by atoms with Crippen molar-refractivity contribution >= 4 is 11.9 Å². The van der Waals surface area contributed by atoms with Gasteiger partial charge in [-0.05, 0) is 109 Å². The Morgan fingerprint density at radius 2 is 0.716 bits per heavy atom. The largest absolute Gasteiger partial charge is 0.466 e. The normalized spacial score (nSPS) is 17.7. The number of nitrogens with one attached hydrogen (secondary N) is 1. The quantitative estimate of drug-likeness (QED) is 0.0195. The van der Waals surface area contributed by atoms with E-state index in [2.05, 4.69) is 79.9 Å². The number of ether oxygens (including phenoxy) is 3. The molecule has 11 nitrogen and oxygen atoms in total. The van der Waals surface area contributed by atoms with E-state index < -0.39 is 49.5 Å². The number of carbonyl (C=O) groups is 2. The monoisotopic (exact) mass is 1340 g/mol. The number of aliphatic hydroxyl groups is 5. The summed E-state index contributed by atoms with van der Waals surface area (Å²) in [5.74, 6) is -0.187. The van der Waals surface area contributed by atoms with Crippen LogP contribution in [0.25, 0.3) is 0 Å². The van der Waals surface area contributed by atoms with E-state index in [1.54, 1.807) is 6.08 Å².